The zero-order chi connectivity index (χ0) is 13.8. The van der Waals surface area contributed by atoms with Crippen LogP contribution < -0.4 is 5.32 Å². The van der Waals surface area contributed by atoms with E-state index in [1.165, 1.54) is 0 Å². The monoisotopic (exact) mass is 294 g/mol. The topological polar surface area (TPSA) is 49.0 Å². The number of hydrogen-bond acceptors (Lipinski definition) is 2. The molecule has 2 aromatic carbocycles. The lowest BCUT2D eigenvalue weighted by Gasteiger charge is -2.17. The van der Waals surface area contributed by atoms with Gasteiger partial charge >= 0.3 is 5.97 Å². The zero-order valence-corrected chi connectivity index (χ0v) is 11.3. The molecule has 0 saturated carbocycles. The van der Waals surface area contributed by atoms with E-state index >= 15 is 0 Å². The number of halogens is 2. The van der Waals surface area contributed by atoms with Gasteiger partial charge in [0.15, 0.2) is 6.04 Å². The molecule has 1 unspecified atom stereocenters. The van der Waals surface area contributed by atoms with Crippen molar-refractivity contribution in [3.63, 3.8) is 0 Å². The molecule has 0 aliphatic carbocycles. The first kappa shape index (κ1) is 13.7. The number of hydrogen-bond donors (Lipinski definition) is 1. The van der Waals surface area contributed by atoms with Gasteiger partial charge in [-0.1, -0.05) is 59.6 Å². The maximum Gasteiger partial charge on any atom is 0.382 e. The molecule has 0 amide bonds. The average molecular weight is 295 g/mol. The van der Waals surface area contributed by atoms with Gasteiger partial charge in [-0.15, -0.1) is 0 Å². The van der Waals surface area contributed by atoms with Gasteiger partial charge in [-0.3, -0.25) is 0 Å². The molecule has 2 aromatic rings. The van der Waals surface area contributed by atoms with Gasteiger partial charge in [-0.2, -0.15) is 0 Å². The van der Waals surface area contributed by atoms with E-state index in [9.17, 15) is 9.90 Å². The van der Waals surface area contributed by atoms with Crippen molar-refractivity contribution < 1.29 is 9.90 Å². The highest BCUT2D eigenvalue weighted by Gasteiger charge is 2.23. The van der Waals surface area contributed by atoms with Crippen LogP contribution in [-0.2, 0) is 9.90 Å². The number of nitrogens with one attached hydrogen (secondary N) is 1. The van der Waals surface area contributed by atoms with Gasteiger partial charge in [0, 0.05) is 0 Å². The van der Waals surface area contributed by atoms with Crippen molar-refractivity contribution in [2.45, 2.75) is 6.04 Å². The quantitative estimate of drug-likeness (QED) is 0.923. The minimum atomic E-state index is -1.25. The SMILES string of the molecule is [O]C(=O)C(Nc1c(Cl)cccc1Cl)c1ccccc1. The van der Waals surface area contributed by atoms with Gasteiger partial charge in [0.25, 0.3) is 0 Å². The van der Waals surface area contributed by atoms with Crippen molar-refractivity contribution in [3.8, 4) is 0 Å². The Morgan fingerprint density at radius 1 is 0.947 bits per heavy atom. The molecule has 97 valence electrons. The summed E-state index contributed by atoms with van der Waals surface area (Å²) in [6, 6.07) is 12.6. The van der Waals surface area contributed by atoms with Crippen LogP contribution in [0.4, 0.5) is 5.69 Å². The Hall–Kier alpha value is -1.71. The molecule has 0 aromatic heterocycles. The van der Waals surface area contributed by atoms with Crippen molar-refractivity contribution >= 4 is 34.9 Å². The molecule has 0 aliphatic rings. The Morgan fingerprint density at radius 2 is 1.53 bits per heavy atom. The second-order valence-electron chi connectivity index (χ2n) is 3.90. The number of anilines is 1. The second-order valence-corrected chi connectivity index (χ2v) is 4.72. The number of carbonyl (C=O) groups is 1. The molecule has 1 atom stereocenters. The van der Waals surface area contributed by atoms with E-state index in [4.69, 9.17) is 23.2 Å². The number of rotatable bonds is 4. The number of benzene rings is 2. The Morgan fingerprint density at radius 3 is 2.05 bits per heavy atom. The van der Waals surface area contributed by atoms with Crippen molar-refractivity contribution in [1.29, 1.82) is 0 Å². The van der Waals surface area contributed by atoms with Crippen LogP contribution in [-0.4, -0.2) is 5.97 Å². The molecule has 3 nitrogen and oxygen atoms in total. The van der Waals surface area contributed by atoms with Crippen LogP contribution in [0.25, 0.3) is 0 Å². The third-order valence-electron chi connectivity index (χ3n) is 2.62. The Balaban J connectivity index is 2.35. The Labute approximate surface area is 120 Å². The van der Waals surface area contributed by atoms with E-state index in [0.29, 0.717) is 21.3 Å². The van der Waals surface area contributed by atoms with Crippen LogP contribution in [0.1, 0.15) is 11.6 Å². The van der Waals surface area contributed by atoms with Crippen LogP contribution in [0.2, 0.25) is 10.0 Å². The summed E-state index contributed by atoms with van der Waals surface area (Å²) < 4.78 is 0. The van der Waals surface area contributed by atoms with Crippen molar-refractivity contribution in [1.82, 2.24) is 0 Å². The van der Waals surface area contributed by atoms with E-state index in [0.717, 1.165) is 0 Å². The largest absolute Gasteiger partial charge is 0.382 e. The van der Waals surface area contributed by atoms with Crippen LogP contribution >= 0.6 is 23.2 Å². The molecule has 1 radical (unpaired) electrons. The summed E-state index contributed by atoms with van der Waals surface area (Å²) in [6.45, 7) is 0. The fourth-order valence-corrected chi connectivity index (χ4v) is 2.21. The summed E-state index contributed by atoms with van der Waals surface area (Å²) in [5.74, 6) is -1.25. The first-order chi connectivity index (χ1) is 9.09. The van der Waals surface area contributed by atoms with Gasteiger partial charge in [0.05, 0.1) is 15.7 Å². The highest BCUT2D eigenvalue weighted by Crippen LogP contribution is 2.33. The Kier molecular flexibility index (Phi) is 4.30. The second kappa shape index (κ2) is 5.95. The predicted molar refractivity (Wildman–Crippen MR) is 75.0 cm³/mol. The summed E-state index contributed by atoms with van der Waals surface area (Å²) in [6.07, 6.45) is 0. The molecule has 1 N–H and O–H groups in total. The molecule has 0 spiro atoms. The average Bonchev–Trinajstić information content (AvgIpc) is 2.39. The van der Waals surface area contributed by atoms with E-state index in [1.807, 2.05) is 0 Å². The molecule has 0 fully saturated rings. The van der Waals surface area contributed by atoms with Gasteiger partial charge in [0.1, 0.15) is 0 Å². The molecule has 5 heteroatoms. The van der Waals surface area contributed by atoms with Crippen LogP contribution in [0.3, 0.4) is 0 Å². The van der Waals surface area contributed by atoms with Crippen LogP contribution in [0.15, 0.2) is 48.5 Å². The van der Waals surface area contributed by atoms with Crippen molar-refractivity contribution in [3.05, 3.63) is 64.1 Å². The highest BCUT2D eigenvalue weighted by atomic mass is 35.5. The van der Waals surface area contributed by atoms with Crippen LogP contribution in [0.5, 0.6) is 0 Å². The van der Waals surface area contributed by atoms with Gasteiger partial charge in [-0.25, -0.2) is 9.90 Å². The minimum Gasteiger partial charge on any atom is -0.366 e. The summed E-state index contributed by atoms with van der Waals surface area (Å²) in [4.78, 5) is 11.3. The Bertz CT molecular complexity index is 567. The lowest BCUT2D eigenvalue weighted by Crippen LogP contribution is -2.19. The lowest BCUT2D eigenvalue weighted by atomic mass is 10.1. The molecule has 0 aliphatic heterocycles. The van der Waals surface area contributed by atoms with E-state index in [-0.39, 0.29) is 0 Å². The number of para-hydroxylation sites is 1. The normalized spacial score (nSPS) is 11.9. The van der Waals surface area contributed by atoms with Crippen molar-refractivity contribution in [2.75, 3.05) is 5.32 Å². The van der Waals surface area contributed by atoms with E-state index in [1.54, 1.807) is 48.5 Å². The third kappa shape index (κ3) is 3.19. The van der Waals surface area contributed by atoms with Gasteiger partial charge in [0.2, 0.25) is 0 Å². The molecule has 0 bridgehead atoms. The summed E-state index contributed by atoms with van der Waals surface area (Å²) in [5.41, 5.74) is 0.947. The first-order valence-electron chi connectivity index (χ1n) is 5.56. The third-order valence-corrected chi connectivity index (χ3v) is 3.25. The predicted octanol–water partition coefficient (Wildman–Crippen LogP) is 4.10. The van der Waals surface area contributed by atoms with Crippen LogP contribution in [0, 0.1) is 0 Å². The smallest absolute Gasteiger partial charge is 0.366 e. The first-order valence-corrected chi connectivity index (χ1v) is 6.31. The number of carbonyl (C=O) groups excluding carboxylic acids is 1. The zero-order valence-electron chi connectivity index (χ0n) is 9.77. The van der Waals surface area contributed by atoms with Gasteiger partial charge < -0.3 is 5.32 Å². The summed E-state index contributed by atoms with van der Waals surface area (Å²) >= 11 is 12.0. The fourth-order valence-electron chi connectivity index (χ4n) is 1.70. The maximum absolute atomic E-state index is 11.3. The van der Waals surface area contributed by atoms with E-state index in [2.05, 4.69) is 5.32 Å². The minimum absolute atomic E-state index is 0.356. The highest BCUT2D eigenvalue weighted by molar-refractivity contribution is 6.39. The van der Waals surface area contributed by atoms with E-state index < -0.39 is 12.0 Å². The summed E-state index contributed by atoms with van der Waals surface area (Å²) in [5, 5.41) is 14.8. The van der Waals surface area contributed by atoms with Crippen molar-refractivity contribution in [2.24, 2.45) is 0 Å². The maximum atomic E-state index is 11.3. The molecule has 19 heavy (non-hydrogen) atoms. The van der Waals surface area contributed by atoms with Gasteiger partial charge in [-0.05, 0) is 17.7 Å². The fraction of sp³-hybridized carbons (Fsp3) is 0.0714. The molecule has 0 saturated heterocycles. The molecule has 2 rings (SSSR count). The standard InChI is InChI=1S/C14H10Cl2NO2/c15-10-7-4-8-11(16)13(10)17-12(14(18)19)9-5-2-1-3-6-9/h1-8,12,17H. The molecule has 0 heterocycles. The molecular weight excluding hydrogens is 285 g/mol. The lowest BCUT2D eigenvalue weighted by molar-refractivity contribution is -0.144. The summed E-state index contributed by atoms with van der Waals surface area (Å²) in [7, 11) is 0. The molecular formula is C14H10Cl2NO2.